The molecule has 0 radical (unpaired) electrons. The fourth-order valence-electron chi connectivity index (χ4n) is 4.97. The molecule has 2 heterocycles. The van der Waals surface area contributed by atoms with Crippen LogP contribution in [0.1, 0.15) is 52.2 Å². The molecule has 5 rings (SSSR count). The molecular formula is C26H26N2O3. The number of para-hydroxylation sites is 2. The molecule has 2 aromatic carbocycles. The predicted molar refractivity (Wildman–Crippen MR) is 121 cm³/mol. The zero-order valence-electron chi connectivity index (χ0n) is 17.5. The molecule has 0 saturated carbocycles. The lowest BCUT2D eigenvalue weighted by Gasteiger charge is -2.33. The molecule has 1 N–H and O–H groups in total. The Hall–Kier alpha value is -3.34. The number of aromatic nitrogens is 1. The normalized spacial score (nSPS) is 17.4. The van der Waals surface area contributed by atoms with Crippen LogP contribution in [-0.2, 0) is 12.8 Å². The highest BCUT2D eigenvalue weighted by atomic mass is 16.5. The molecular weight excluding hydrogens is 388 g/mol. The topological polar surface area (TPSA) is 62.7 Å². The average Bonchev–Trinajstić information content (AvgIpc) is 2.82. The second kappa shape index (κ2) is 8.42. The summed E-state index contributed by atoms with van der Waals surface area (Å²) in [5, 5.41) is 9.44. The third-order valence-electron chi connectivity index (χ3n) is 6.50. The zero-order chi connectivity index (χ0) is 21.2. The summed E-state index contributed by atoms with van der Waals surface area (Å²) in [5.74, 6) is 0.517. The summed E-state index contributed by atoms with van der Waals surface area (Å²) in [6.07, 6.45) is 8.34. The molecule has 158 valence electrons. The van der Waals surface area contributed by atoms with Crippen molar-refractivity contribution in [2.45, 2.75) is 38.0 Å². The van der Waals surface area contributed by atoms with Crippen molar-refractivity contribution in [3.8, 4) is 5.75 Å². The van der Waals surface area contributed by atoms with Crippen LogP contribution in [0.15, 0.2) is 60.9 Å². The van der Waals surface area contributed by atoms with Crippen molar-refractivity contribution in [1.29, 1.82) is 0 Å². The number of rotatable bonds is 5. The minimum atomic E-state index is -0.878. The molecule has 1 aliphatic carbocycles. The summed E-state index contributed by atoms with van der Waals surface area (Å²) in [6.45, 7) is 1.53. The summed E-state index contributed by atoms with van der Waals surface area (Å²) in [5.41, 5.74) is 6.37. The Morgan fingerprint density at radius 3 is 3.00 bits per heavy atom. The van der Waals surface area contributed by atoms with E-state index in [9.17, 15) is 9.90 Å². The third kappa shape index (κ3) is 3.88. The van der Waals surface area contributed by atoms with Crippen molar-refractivity contribution in [3.05, 3.63) is 83.2 Å². The van der Waals surface area contributed by atoms with Crippen LogP contribution in [0.5, 0.6) is 5.75 Å². The van der Waals surface area contributed by atoms with Crippen LogP contribution in [0, 0.1) is 0 Å². The number of hydrogen-bond donors (Lipinski definition) is 1. The maximum Gasteiger partial charge on any atom is 0.336 e. The van der Waals surface area contributed by atoms with Gasteiger partial charge < -0.3 is 14.7 Å². The number of carboxylic acid groups (broad SMARTS) is 1. The third-order valence-corrected chi connectivity index (χ3v) is 6.50. The molecule has 0 unspecified atom stereocenters. The lowest BCUT2D eigenvalue weighted by molar-refractivity contribution is 0.0695. The Balaban J connectivity index is 1.38. The van der Waals surface area contributed by atoms with Gasteiger partial charge in [0.15, 0.2) is 0 Å². The van der Waals surface area contributed by atoms with Crippen LogP contribution in [0.2, 0.25) is 0 Å². The molecule has 31 heavy (non-hydrogen) atoms. The molecule has 0 bridgehead atoms. The second-order valence-corrected chi connectivity index (χ2v) is 8.32. The number of carbonyl (C=O) groups is 1. The standard InChI is InChI=1S/C26H26N2O3/c29-26(30)23-12-13-27-17-20(23)9-8-18-4-3-5-19-16-21(10-11-22(18)19)28-14-15-31-25-7-2-1-6-24(25)28/h1-2,6-7,10-13,16-18H,3-5,8-9,14-15H2,(H,29,30)/t18-/m0/s1. The molecule has 5 heteroatoms. The highest BCUT2D eigenvalue weighted by Crippen LogP contribution is 2.40. The Morgan fingerprint density at radius 1 is 1.19 bits per heavy atom. The Morgan fingerprint density at radius 2 is 2.10 bits per heavy atom. The highest BCUT2D eigenvalue weighted by Gasteiger charge is 2.24. The Bertz CT molecular complexity index is 1110. The van der Waals surface area contributed by atoms with Gasteiger partial charge >= 0.3 is 5.97 Å². The van der Waals surface area contributed by atoms with E-state index in [1.54, 1.807) is 18.5 Å². The second-order valence-electron chi connectivity index (χ2n) is 8.32. The fraction of sp³-hybridized carbons (Fsp3) is 0.308. The first-order chi connectivity index (χ1) is 15.2. The molecule has 1 atom stereocenters. The monoisotopic (exact) mass is 414 g/mol. The van der Waals surface area contributed by atoms with Crippen molar-refractivity contribution in [2.75, 3.05) is 18.1 Å². The van der Waals surface area contributed by atoms with E-state index in [0.29, 0.717) is 18.1 Å². The van der Waals surface area contributed by atoms with Crippen LogP contribution in [0.25, 0.3) is 0 Å². The van der Waals surface area contributed by atoms with E-state index < -0.39 is 5.97 Å². The van der Waals surface area contributed by atoms with Crippen LogP contribution < -0.4 is 9.64 Å². The van der Waals surface area contributed by atoms with E-state index in [2.05, 4.69) is 40.2 Å². The summed E-state index contributed by atoms with van der Waals surface area (Å²) < 4.78 is 5.82. The fourth-order valence-corrected chi connectivity index (χ4v) is 4.97. The Kier molecular flexibility index (Phi) is 5.33. The summed E-state index contributed by atoms with van der Waals surface area (Å²) in [4.78, 5) is 18.0. The van der Waals surface area contributed by atoms with Gasteiger partial charge in [0.25, 0.3) is 0 Å². The van der Waals surface area contributed by atoms with Crippen LogP contribution in [-0.4, -0.2) is 29.2 Å². The first-order valence-electron chi connectivity index (χ1n) is 11.0. The maximum absolute atomic E-state index is 11.5. The number of benzene rings is 2. The number of aryl methyl sites for hydroxylation is 2. The van der Waals surface area contributed by atoms with Gasteiger partial charge in [-0.3, -0.25) is 4.98 Å². The number of nitrogens with zero attached hydrogens (tertiary/aromatic N) is 2. The molecule has 1 aromatic heterocycles. The Labute approximate surface area is 182 Å². The smallest absolute Gasteiger partial charge is 0.336 e. The quantitative estimate of drug-likeness (QED) is 0.609. The number of aromatic carboxylic acids is 1. The molecule has 0 amide bonds. The summed E-state index contributed by atoms with van der Waals surface area (Å²) in [6, 6.07) is 16.7. The summed E-state index contributed by atoms with van der Waals surface area (Å²) >= 11 is 0. The van der Waals surface area contributed by atoms with Crippen LogP contribution in [0.3, 0.4) is 0 Å². The van der Waals surface area contributed by atoms with E-state index in [1.165, 1.54) is 23.2 Å². The number of carboxylic acids is 1. The van der Waals surface area contributed by atoms with E-state index in [4.69, 9.17) is 4.74 Å². The first kappa shape index (κ1) is 19.6. The maximum atomic E-state index is 11.5. The SMILES string of the molecule is O=C(O)c1ccncc1CC[C@@H]1CCCc2cc(N3CCOc4ccccc43)ccc21. The van der Waals surface area contributed by atoms with Gasteiger partial charge in [-0.15, -0.1) is 0 Å². The molecule has 0 saturated heterocycles. The molecule has 3 aromatic rings. The van der Waals surface area contributed by atoms with Crippen molar-refractivity contribution in [3.63, 3.8) is 0 Å². The number of fused-ring (bicyclic) bond motifs is 2. The molecule has 0 spiro atoms. The van der Waals surface area contributed by atoms with E-state index in [-0.39, 0.29) is 0 Å². The molecule has 0 fully saturated rings. The number of ether oxygens (including phenoxy) is 1. The highest BCUT2D eigenvalue weighted by molar-refractivity contribution is 5.89. The predicted octanol–water partition coefficient (Wildman–Crippen LogP) is 5.36. The van der Waals surface area contributed by atoms with Crippen molar-refractivity contribution < 1.29 is 14.6 Å². The van der Waals surface area contributed by atoms with Crippen LogP contribution in [0.4, 0.5) is 11.4 Å². The lowest BCUT2D eigenvalue weighted by Crippen LogP contribution is -2.28. The van der Waals surface area contributed by atoms with Gasteiger partial charge in [0.05, 0.1) is 17.8 Å². The van der Waals surface area contributed by atoms with Gasteiger partial charge in [0, 0.05) is 18.1 Å². The van der Waals surface area contributed by atoms with Gasteiger partial charge in [0.2, 0.25) is 0 Å². The van der Waals surface area contributed by atoms with E-state index in [1.807, 2.05) is 12.1 Å². The lowest BCUT2D eigenvalue weighted by atomic mass is 9.79. The summed E-state index contributed by atoms with van der Waals surface area (Å²) in [7, 11) is 0. The number of pyridine rings is 1. The van der Waals surface area contributed by atoms with E-state index >= 15 is 0 Å². The zero-order valence-corrected chi connectivity index (χ0v) is 17.5. The number of hydrogen-bond acceptors (Lipinski definition) is 4. The first-order valence-corrected chi connectivity index (χ1v) is 11.0. The van der Waals surface area contributed by atoms with E-state index in [0.717, 1.165) is 49.2 Å². The minimum absolute atomic E-state index is 0.368. The molecule has 5 nitrogen and oxygen atoms in total. The van der Waals surface area contributed by atoms with Crippen molar-refractivity contribution in [1.82, 2.24) is 4.98 Å². The molecule has 1 aliphatic heterocycles. The average molecular weight is 415 g/mol. The van der Waals surface area contributed by atoms with Crippen molar-refractivity contribution >= 4 is 17.3 Å². The van der Waals surface area contributed by atoms with Gasteiger partial charge in [-0.1, -0.05) is 18.2 Å². The van der Waals surface area contributed by atoms with Gasteiger partial charge in [-0.25, -0.2) is 4.79 Å². The molecule has 2 aliphatic rings. The van der Waals surface area contributed by atoms with Crippen molar-refractivity contribution in [2.24, 2.45) is 0 Å². The number of anilines is 2. The van der Waals surface area contributed by atoms with Gasteiger partial charge in [0.1, 0.15) is 12.4 Å². The minimum Gasteiger partial charge on any atom is -0.490 e. The largest absolute Gasteiger partial charge is 0.490 e. The van der Waals surface area contributed by atoms with Gasteiger partial charge in [-0.05, 0) is 85.0 Å². The van der Waals surface area contributed by atoms with Gasteiger partial charge in [-0.2, -0.15) is 0 Å². The van der Waals surface area contributed by atoms with Crippen LogP contribution >= 0.6 is 0 Å².